The highest BCUT2D eigenvalue weighted by Crippen LogP contribution is 2.29. The number of rotatable bonds is 3. The molecule has 0 aliphatic rings. The summed E-state index contributed by atoms with van der Waals surface area (Å²) < 4.78 is 30.7. The molecular formula is C21H20IN3O2S. The average molecular weight is 505 g/mol. The Hall–Kier alpha value is -2.13. The van der Waals surface area contributed by atoms with Gasteiger partial charge in [0.1, 0.15) is 5.82 Å². The Labute approximate surface area is 178 Å². The molecule has 0 spiro atoms. The second-order valence-electron chi connectivity index (χ2n) is 7.03. The monoisotopic (exact) mass is 505 g/mol. The molecule has 144 valence electrons. The molecule has 0 atom stereocenters. The fourth-order valence-corrected chi connectivity index (χ4v) is 6.16. The van der Waals surface area contributed by atoms with E-state index in [1.54, 1.807) is 12.1 Å². The molecule has 0 saturated carbocycles. The van der Waals surface area contributed by atoms with Crippen LogP contribution >= 0.6 is 22.6 Å². The maximum absolute atomic E-state index is 13.3. The third-order valence-corrected chi connectivity index (χ3v) is 7.77. The number of aromatic nitrogens is 3. The topological polar surface area (TPSA) is 56.9 Å². The molecule has 4 aromatic rings. The highest BCUT2D eigenvalue weighted by atomic mass is 127. The van der Waals surface area contributed by atoms with Crippen LogP contribution < -0.4 is 0 Å². The molecule has 0 bridgehead atoms. The van der Waals surface area contributed by atoms with Crippen molar-refractivity contribution in [2.24, 2.45) is 0 Å². The van der Waals surface area contributed by atoms with Gasteiger partial charge >= 0.3 is 0 Å². The van der Waals surface area contributed by atoms with E-state index >= 15 is 0 Å². The number of aryl methyl sites for hydroxylation is 4. The number of nitrogens with zero attached hydrogens (tertiary/aromatic N) is 3. The largest absolute Gasteiger partial charge is 0.303 e. The summed E-state index contributed by atoms with van der Waals surface area (Å²) in [6, 6.07) is 14.7. The van der Waals surface area contributed by atoms with Gasteiger partial charge in [0.15, 0.2) is 0 Å². The van der Waals surface area contributed by atoms with Crippen LogP contribution in [0, 0.1) is 31.4 Å². The minimum Gasteiger partial charge on any atom is -0.303 e. The van der Waals surface area contributed by atoms with Gasteiger partial charge in [0, 0.05) is 11.4 Å². The van der Waals surface area contributed by atoms with Gasteiger partial charge in [-0.1, -0.05) is 17.7 Å². The lowest BCUT2D eigenvalue weighted by atomic mass is 10.2. The Balaban J connectivity index is 1.96. The van der Waals surface area contributed by atoms with Crippen LogP contribution in [0.15, 0.2) is 53.4 Å². The van der Waals surface area contributed by atoms with Crippen LogP contribution in [-0.4, -0.2) is 21.9 Å². The first kappa shape index (κ1) is 19.2. The summed E-state index contributed by atoms with van der Waals surface area (Å²) >= 11 is 2.06. The van der Waals surface area contributed by atoms with Crippen LogP contribution in [0.3, 0.4) is 0 Å². The van der Waals surface area contributed by atoms with E-state index in [4.69, 9.17) is 4.98 Å². The van der Waals surface area contributed by atoms with Crippen molar-refractivity contribution in [2.45, 2.75) is 32.6 Å². The van der Waals surface area contributed by atoms with Crippen LogP contribution in [0.5, 0.6) is 0 Å². The standard InChI is InChI=1S/C21H20IN3O2S/c1-13-5-9-17(10-6-13)28(26,27)25-19-11-14(2)21(23-18(19)12-20(25)22)24-15(3)7-8-16(24)4/h5-12H,1-4H3. The minimum absolute atomic E-state index is 0.271. The first-order valence-corrected chi connectivity index (χ1v) is 11.4. The second kappa shape index (κ2) is 6.73. The minimum atomic E-state index is -3.71. The third-order valence-electron chi connectivity index (χ3n) is 4.91. The molecule has 0 radical (unpaired) electrons. The first-order valence-electron chi connectivity index (χ1n) is 8.86. The van der Waals surface area contributed by atoms with E-state index in [1.165, 1.54) is 3.97 Å². The summed E-state index contributed by atoms with van der Waals surface area (Å²) in [7, 11) is -3.71. The van der Waals surface area contributed by atoms with Gasteiger partial charge in [0.2, 0.25) is 0 Å². The number of hydrogen-bond acceptors (Lipinski definition) is 3. The van der Waals surface area contributed by atoms with Gasteiger partial charge in [-0.3, -0.25) is 0 Å². The van der Waals surface area contributed by atoms with Crippen molar-refractivity contribution >= 4 is 43.6 Å². The van der Waals surface area contributed by atoms with Gasteiger partial charge in [0.25, 0.3) is 10.0 Å². The zero-order valence-electron chi connectivity index (χ0n) is 16.1. The molecule has 3 aromatic heterocycles. The fourth-order valence-electron chi connectivity index (χ4n) is 3.45. The molecular weight excluding hydrogens is 485 g/mol. The van der Waals surface area contributed by atoms with Crippen LogP contribution in [0.25, 0.3) is 16.9 Å². The van der Waals surface area contributed by atoms with Crippen LogP contribution in [0.4, 0.5) is 0 Å². The molecule has 0 saturated heterocycles. The Morgan fingerprint density at radius 3 is 2.11 bits per heavy atom. The SMILES string of the molecule is Cc1ccc(S(=O)(=O)n2c(I)cc3nc(-n4c(C)ccc4C)c(C)cc32)cc1. The molecule has 0 amide bonds. The predicted octanol–water partition coefficient (Wildman–Crippen LogP) is 4.90. The Morgan fingerprint density at radius 2 is 1.50 bits per heavy atom. The van der Waals surface area contributed by atoms with Crippen molar-refractivity contribution in [2.75, 3.05) is 0 Å². The highest BCUT2D eigenvalue weighted by molar-refractivity contribution is 14.1. The summed E-state index contributed by atoms with van der Waals surface area (Å²) in [6.07, 6.45) is 0. The van der Waals surface area contributed by atoms with Crippen molar-refractivity contribution in [3.8, 4) is 5.82 Å². The van der Waals surface area contributed by atoms with Gasteiger partial charge in [-0.25, -0.2) is 17.4 Å². The van der Waals surface area contributed by atoms with Crippen LogP contribution in [0.2, 0.25) is 0 Å². The third kappa shape index (κ3) is 2.97. The quantitative estimate of drug-likeness (QED) is 0.372. The molecule has 28 heavy (non-hydrogen) atoms. The lowest BCUT2D eigenvalue weighted by molar-refractivity contribution is 0.588. The summed E-state index contributed by atoms with van der Waals surface area (Å²) in [5.41, 5.74) is 5.37. The Morgan fingerprint density at radius 1 is 0.893 bits per heavy atom. The van der Waals surface area contributed by atoms with Crippen molar-refractivity contribution in [3.63, 3.8) is 0 Å². The first-order chi connectivity index (χ1) is 13.2. The van der Waals surface area contributed by atoms with E-state index < -0.39 is 10.0 Å². The lowest BCUT2D eigenvalue weighted by Gasteiger charge is -2.13. The second-order valence-corrected chi connectivity index (χ2v) is 9.93. The molecule has 0 fully saturated rings. The van der Waals surface area contributed by atoms with E-state index in [2.05, 4.69) is 39.3 Å². The Kier molecular flexibility index (Phi) is 4.62. The maximum atomic E-state index is 13.3. The van der Waals surface area contributed by atoms with Gasteiger partial charge in [0.05, 0.1) is 19.6 Å². The normalized spacial score (nSPS) is 12.0. The van der Waals surface area contributed by atoms with Gasteiger partial charge in [-0.15, -0.1) is 0 Å². The number of benzene rings is 1. The molecule has 4 rings (SSSR count). The number of fused-ring (bicyclic) bond motifs is 1. The van der Waals surface area contributed by atoms with Crippen molar-refractivity contribution in [1.29, 1.82) is 0 Å². The van der Waals surface area contributed by atoms with E-state index in [0.29, 0.717) is 14.7 Å². The molecule has 7 heteroatoms. The summed E-state index contributed by atoms with van der Waals surface area (Å²) in [5, 5.41) is 0. The van der Waals surface area contributed by atoms with E-state index in [-0.39, 0.29) is 4.90 Å². The smallest absolute Gasteiger partial charge is 0.269 e. The zero-order chi connectivity index (χ0) is 20.2. The van der Waals surface area contributed by atoms with E-state index in [1.807, 2.05) is 52.0 Å². The average Bonchev–Trinajstić information content (AvgIpc) is 3.13. The summed E-state index contributed by atoms with van der Waals surface area (Å²) in [5.74, 6) is 0.828. The molecule has 0 aliphatic heterocycles. The maximum Gasteiger partial charge on any atom is 0.269 e. The van der Waals surface area contributed by atoms with E-state index in [9.17, 15) is 8.42 Å². The molecule has 0 unspecified atom stereocenters. The molecule has 5 nitrogen and oxygen atoms in total. The zero-order valence-corrected chi connectivity index (χ0v) is 19.0. The number of hydrogen-bond donors (Lipinski definition) is 0. The van der Waals surface area contributed by atoms with E-state index in [0.717, 1.165) is 28.3 Å². The van der Waals surface area contributed by atoms with Gasteiger partial charge in [-0.05, 0) is 92.2 Å². The molecule has 3 heterocycles. The Bertz CT molecular complexity index is 1300. The number of pyridine rings is 1. The lowest BCUT2D eigenvalue weighted by Crippen LogP contribution is -2.14. The van der Waals surface area contributed by atoms with Crippen molar-refractivity contribution in [3.05, 3.63) is 74.7 Å². The van der Waals surface area contributed by atoms with Gasteiger partial charge in [-0.2, -0.15) is 0 Å². The van der Waals surface area contributed by atoms with Crippen LogP contribution in [-0.2, 0) is 10.0 Å². The van der Waals surface area contributed by atoms with Crippen LogP contribution in [0.1, 0.15) is 22.5 Å². The molecule has 1 aromatic carbocycles. The molecule has 0 N–H and O–H groups in total. The van der Waals surface area contributed by atoms with Crippen molar-refractivity contribution < 1.29 is 8.42 Å². The molecule has 0 aliphatic carbocycles. The number of halogens is 1. The van der Waals surface area contributed by atoms with Gasteiger partial charge < -0.3 is 4.57 Å². The fraction of sp³-hybridized carbons (Fsp3) is 0.190. The van der Waals surface area contributed by atoms with Crippen molar-refractivity contribution in [1.82, 2.24) is 13.5 Å². The highest BCUT2D eigenvalue weighted by Gasteiger charge is 2.24. The summed E-state index contributed by atoms with van der Waals surface area (Å²) in [4.78, 5) is 5.09. The predicted molar refractivity (Wildman–Crippen MR) is 120 cm³/mol. The summed E-state index contributed by atoms with van der Waals surface area (Å²) in [6.45, 7) is 7.97.